The minimum atomic E-state index is -3.67. The Morgan fingerprint density at radius 2 is 2.07 bits per heavy atom. The number of carbonyl (C=O) groups excluding carboxylic acids is 1. The summed E-state index contributed by atoms with van der Waals surface area (Å²) in [6.07, 6.45) is 4.32. The Morgan fingerprint density at radius 1 is 1.20 bits per heavy atom. The minimum Gasteiger partial charge on any atom is -0.325 e. The Morgan fingerprint density at radius 3 is 2.87 bits per heavy atom. The predicted octanol–water partition coefficient (Wildman–Crippen LogP) is 2.99. The summed E-state index contributed by atoms with van der Waals surface area (Å²) in [5.74, 6) is 1.38. The van der Waals surface area contributed by atoms with Crippen molar-refractivity contribution in [1.29, 1.82) is 0 Å². The Balaban J connectivity index is 1.47. The number of aryl methyl sites for hydroxylation is 1. The van der Waals surface area contributed by atoms with Crippen molar-refractivity contribution in [3.05, 3.63) is 47.6 Å². The van der Waals surface area contributed by atoms with Crippen molar-refractivity contribution in [2.24, 2.45) is 0 Å². The van der Waals surface area contributed by atoms with Gasteiger partial charge in [-0.3, -0.25) is 4.79 Å². The van der Waals surface area contributed by atoms with E-state index in [0.717, 1.165) is 58.7 Å². The number of carbonyl (C=O) groups is 1. The van der Waals surface area contributed by atoms with Crippen molar-refractivity contribution in [3.8, 4) is 11.4 Å². The molecule has 158 valence electrons. The molecule has 3 aromatic rings. The normalized spacial score (nSPS) is 14.3. The highest BCUT2D eigenvalue weighted by atomic mass is 32.2. The maximum Gasteiger partial charge on any atom is 0.252 e. The average Bonchev–Trinajstić information content (AvgIpc) is 3.34. The smallest absolute Gasteiger partial charge is 0.252 e. The van der Waals surface area contributed by atoms with E-state index in [0.29, 0.717) is 5.69 Å². The van der Waals surface area contributed by atoms with Crippen molar-refractivity contribution >= 4 is 33.0 Å². The van der Waals surface area contributed by atoms with Gasteiger partial charge in [0.15, 0.2) is 5.82 Å². The lowest BCUT2D eigenvalue weighted by Crippen LogP contribution is -2.34. The third-order valence-corrected chi connectivity index (χ3v) is 8.22. The molecule has 0 spiro atoms. The summed E-state index contributed by atoms with van der Waals surface area (Å²) in [6, 6.07) is 10.6. The molecular formula is C20H23N5O3S2. The molecule has 0 bridgehead atoms. The molecule has 0 saturated carbocycles. The molecule has 0 atom stereocenters. The second-order valence-corrected chi connectivity index (χ2v) is 10.4. The quantitative estimate of drug-likeness (QED) is 0.629. The first kappa shape index (κ1) is 20.7. The molecule has 8 nitrogen and oxygen atoms in total. The van der Waals surface area contributed by atoms with Gasteiger partial charge in [0.1, 0.15) is 10.0 Å². The summed E-state index contributed by atoms with van der Waals surface area (Å²) in [5.41, 5.74) is 1.46. The largest absolute Gasteiger partial charge is 0.325 e. The summed E-state index contributed by atoms with van der Waals surface area (Å²) in [5, 5.41) is 13.2. The highest BCUT2D eigenvalue weighted by molar-refractivity contribution is 7.91. The van der Waals surface area contributed by atoms with Crippen LogP contribution in [-0.4, -0.2) is 47.0 Å². The molecule has 0 radical (unpaired) electrons. The molecule has 1 aliphatic rings. The van der Waals surface area contributed by atoms with Crippen molar-refractivity contribution in [2.45, 2.75) is 36.4 Å². The van der Waals surface area contributed by atoms with Gasteiger partial charge in [0.2, 0.25) is 5.91 Å². The number of fused-ring (bicyclic) bond motifs is 1. The molecular weight excluding hydrogens is 422 g/mol. The van der Waals surface area contributed by atoms with Crippen molar-refractivity contribution in [2.75, 3.05) is 18.9 Å². The molecule has 1 N–H and O–H groups in total. The first-order chi connectivity index (χ1) is 14.4. The lowest BCUT2D eigenvalue weighted by Gasteiger charge is -2.16. The lowest BCUT2D eigenvalue weighted by molar-refractivity contribution is -0.116. The highest BCUT2D eigenvalue weighted by Gasteiger charge is 2.24. The molecule has 4 rings (SSSR count). The van der Waals surface area contributed by atoms with E-state index in [2.05, 4.69) is 20.1 Å². The van der Waals surface area contributed by atoms with Crippen LogP contribution >= 0.6 is 11.3 Å². The number of nitrogens with zero attached hydrogens (tertiary/aromatic N) is 4. The van der Waals surface area contributed by atoms with Gasteiger partial charge in [0, 0.05) is 31.3 Å². The zero-order valence-electron chi connectivity index (χ0n) is 16.6. The van der Waals surface area contributed by atoms with Crippen LogP contribution in [0.15, 0.2) is 46.0 Å². The van der Waals surface area contributed by atoms with Crippen LogP contribution in [0.1, 0.15) is 25.1 Å². The number of aromatic nitrogens is 3. The highest BCUT2D eigenvalue weighted by Crippen LogP contribution is 2.25. The zero-order valence-corrected chi connectivity index (χ0v) is 18.2. The van der Waals surface area contributed by atoms with E-state index in [1.165, 1.54) is 19.5 Å². The summed E-state index contributed by atoms with van der Waals surface area (Å²) < 4.78 is 28.4. The SMILES string of the molecule is CN(CC(=O)Nc1cccc(-c2nnc3n2CCCCC3)c1)S(=O)(=O)c1cccs1. The third kappa shape index (κ3) is 4.30. The van der Waals surface area contributed by atoms with Crippen molar-refractivity contribution < 1.29 is 13.2 Å². The van der Waals surface area contributed by atoms with Gasteiger partial charge in [0.25, 0.3) is 10.0 Å². The van der Waals surface area contributed by atoms with Gasteiger partial charge in [-0.05, 0) is 36.4 Å². The van der Waals surface area contributed by atoms with Gasteiger partial charge >= 0.3 is 0 Å². The number of anilines is 1. The van der Waals surface area contributed by atoms with Crippen LogP contribution in [0, 0.1) is 0 Å². The van der Waals surface area contributed by atoms with Crippen LogP contribution in [0.3, 0.4) is 0 Å². The molecule has 0 unspecified atom stereocenters. The molecule has 0 fully saturated rings. The molecule has 0 saturated heterocycles. The number of amides is 1. The van der Waals surface area contributed by atoms with E-state index in [4.69, 9.17) is 0 Å². The summed E-state index contributed by atoms with van der Waals surface area (Å²) >= 11 is 1.13. The van der Waals surface area contributed by atoms with E-state index in [1.54, 1.807) is 17.5 Å². The van der Waals surface area contributed by atoms with Crippen LogP contribution in [-0.2, 0) is 27.8 Å². The van der Waals surface area contributed by atoms with Gasteiger partial charge in [-0.1, -0.05) is 24.6 Å². The van der Waals surface area contributed by atoms with Gasteiger partial charge in [-0.25, -0.2) is 8.42 Å². The standard InChI is InChI=1S/C20H23N5O3S2/c1-24(30(27,28)19-10-6-12-29-19)14-18(26)21-16-8-5-7-15(13-16)20-23-22-17-9-3-2-4-11-25(17)20/h5-8,10,12-13H,2-4,9,11,14H2,1H3,(H,21,26). The number of likely N-dealkylation sites (N-methyl/N-ethyl adjacent to an activating group) is 1. The summed E-state index contributed by atoms with van der Waals surface area (Å²) in [4.78, 5) is 12.5. The fourth-order valence-corrected chi connectivity index (χ4v) is 5.81. The Bertz CT molecular complexity index is 1140. The molecule has 1 aromatic carbocycles. The Hall–Kier alpha value is -2.56. The fourth-order valence-electron chi connectivity index (χ4n) is 3.49. The lowest BCUT2D eigenvalue weighted by atomic mass is 10.2. The Kier molecular flexibility index (Phi) is 5.98. The summed E-state index contributed by atoms with van der Waals surface area (Å²) in [7, 11) is -2.27. The van der Waals surface area contributed by atoms with E-state index in [-0.39, 0.29) is 10.8 Å². The van der Waals surface area contributed by atoms with Gasteiger partial charge in [-0.2, -0.15) is 4.31 Å². The molecule has 2 aromatic heterocycles. The number of benzene rings is 1. The number of rotatable bonds is 6. The van der Waals surface area contributed by atoms with Gasteiger partial charge in [-0.15, -0.1) is 21.5 Å². The topological polar surface area (TPSA) is 97.2 Å². The molecule has 3 heterocycles. The van der Waals surface area contributed by atoms with E-state index in [9.17, 15) is 13.2 Å². The number of sulfonamides is 1. The monoisotopic (exact) mass is 445 g/mol. The van der Waals surface area contributed by atoms with Crippen LogP contribution in [0.5, 0.6) is 0 Å². The molecule has 1 amide bonds. The fraction of sp³-hybridized carbons (Fsp3) is 0.350. The first-order valence-corrected chi connectivity index (χ1v) is 12.1. The minimum absolute atomic E-state index is 0.215. The maximum atomic E-state index is 12.5. The van der Waals surface area contributed by atoms with Crippen molar-refractivity contribution in [1.82, 2.24) is 19.1 Å². The van der Waals surface area contributed by atoms with E-state index in [1.807, 2.05) is 18.2 Å². The molecule has 30 heavy (non-hydrogen) atoms. The molecule has 0 aliphatic carbocycles. The molecule has 10 heteroatoms. The summed E-state index contributed by atoms with van der Waals surface area (Å²) in [6.45, 7) is 0.615. The number of thiophene rings is 1. The van der Waals surface area contributed by atoms with Crippen LogP contribution < -0.4 is 5.32 Å². The second kappa shape index (κ2) is 8.66. The van der Waals surface area contributed by atoms with Gasteiger partial charge < -0.3 is 9.88 Å². The average molecular weight is 446 g/mol. The maximum absolute atomic E-state index is 12.5. The first-order valence-electron chi connectivity index (χ1n) is 9.77. The van der Waals surface area contributed by atoms with Gasteiger partial charge in [0.05, 0.1) is 6.54 Å². The number of hydrogen-bond acceptors (Lipinski definition) is 6. The van der Waals surface area contributed by atoms with E-state index >= 15 is 0 Å². The second-order valence-electron chi connectivity index (χ2n) is 7.22. The Labute approximate surface area is 179 Å². The number of nitrogens with one attached hydrogen (secondary N) is 1. The van der Waals surface area contributed by atoms with E-state index < -0.39 is 15.9 Å². The van der Waals surface area contributed by atoms with Crippen LogP contribution in [0.25, 0.3) is 11.4 Å². The van der Waals surface area contributed by atoms with Crippen LogP contribution in [0.4, 0.5) is 5.69 Å². The predicted molar refractivity (Wildman–Crippen MR) is 116 cm³/mol. The van der Waals surface area contributed by atoms with Crippen LogP contribution in [0.2, 0.25) is 0 Å². The third-order valence-electron chi connectivity index (χ3n) is 5.04. The zero-order chi connectivity index (χ0) is 21.1. The number of hydrogen-bond donors (Lipinski definition) is 1. The molecule has 1 aliphatic heterocycles. The van der Waals surface area contributed by atoms with Crippen molar-refractivity contribution in [3.63, 3.8) is 0 Å².